The molecule has 2 aliphatic carbocycles. The van der Waals surface area contributed by atoms with Crippen molar-refractivity contribution in [2.24, 2.45) is 11.8 Å². The summed E-state index contributed by atoms with van der Waals surface area (Å²) in [5.74, 6) is 5.31. The lowest BCUT2D eigenvalue weighted by Gasteiger charge is -2.22. The van der Waals surface area contributed by atoms with Crippen molar-refractivity contribution in [3.05, 3.63) is 12.2 Å². The third kappa shape index (κ3) is 6.61. The SMILES string of the molecule is O=C(O)/C=C/CCCC[C@@H]1[C@@H](C#CC2(O)CCCCCC2)[C@H](O)C[C@H]1Cl. The molecule has 146 valence electrons. The van der Waals surface area contributed by atoms with Gasteiger partial charge in [-0.3, -0.25) is 0 Å². The average molecular weight is 383 g/mol. The van der Waals surface area contributed by atoms with Gasteiger partial charge in [-0.25, -0.2) is 4.79 Å². The molecule has 0 saturated heterocycles. The molecule has 0 heterocycles. The molecular formula is C21H31ClO4. The lowest BCUT2D eigenvalue weighted by molar-refractivity contribution is -0.131. The highest BCUT2D eigenvalue weighted by molar-refractivity contribution is 6.21. The molecule has 2 rings (SSSR count). The second-order valence-corrected chi connectivity index (χ2v) is 8.31. The van der Waals surface area contributed by atoms with E-state index >= 15 is 0 Å². The maximum absolute atomic E-state index is 10.7. The third-order valence-electron chi connectivity index (χ3n) is 5.63. The van der Waals surface area contributed by atoms with Crippen LogP contribution in [0.15, 0.2) is 12.2 Å². The number of carbonyl (C=O) groups is 1. The van der Waals surface area contributed by atoms with Crippen molar-refractivity contribution in [3.8, 4) is 11.8 Å². The Kier molecular flexibility index (Phi) is 8.47. The highest BCUT2D eigenvalue weighted by Gasteiger charge is 2.40. The fraction of sp³-hybridized carbons (Fsp3) is 0.762. The van der Waals surface area contributed by atoms with Crippen molar-refractivity contribution >= 4 is 17.6 Å². The van der Waals surface area contributed by atoms with Crippen LogP contribution >= 0.6 is 11.6 Å². The Morgan fingerprint density at radius 3 is 2.54 bits per heavy atom. The predicted molar refractivity (Wildman–Crippen MR) is 103 cm³/mol. The van der Waals surface area contributed by atoms with Crippen molar-refractivity contribution in [2.45, 2.75) is 87.7 Å². The zero-order chi connectivity index (χ0) is 19.0. The van der Waals surface area contributed by atoms with Gasteiger partial charge in [-0.2, -0.15) is 0 Å². The first-order valence-electron chi connectivity index (χ1n) is 9.88. The summed E-state index contributed by atoms with van der Waals surface area (Å²) < 4.78 is 0. The van der Waals surface area contributed by atoms with Crippen LogP contribution in [0.25, 0.3) is 0 Å². The smallest absolute Gasteiger partial charge is 0.327 e. The number of aliphatic carboxylic acids is 1. The van der Waals surface area contributed by atoms with Gasteiger partial charge < -0.3 is 15.3 Å². The van der Waals surface area contributed by atoms with Crippen LogP contribution < -0.4 is 0 Å². The molecule has 2 saturated carbocycles. The number of unbranched alkanes of at least 4 members (excludes halogenated alkanes) is 2. The lowest BCUT2D eigenvalue weighted by atomic mass is 9.88. The maximum atomic E-state index is 10.7. The molecule has 2 fully saturated rings. The highest BCUT2D eigenvalue weighted by atomic mass is 35.5. The highest BCUT2D eigenvalue weighted by Crippen LogP contribution is 2.39. The second-order valence-electron chi connectivity index (χ2n) is 7.75. The van der Waals surface area contributed by atoms with Crippen LogP contribution in [0, 0.1) is 23.7 Å². The van der Waals surface area contributed by atoms with E-state index in [1.165, 1.54) is 6.08 Å². The van der Waals surface area contributed by atoms with Gasteiger partial charge in [0.2, 0.25) is 0 Å². The van der Waals surface area contributed by atoms with Gasteiger partial charge in [0.25, 0.3) is 0 Å². The van der Waals surface area contributed by atoms with Crippen LogP contribution in [0.1, 0.15) is 70.6 Å². The molecule has 0 aliphatic heterocycles. The fourth-order valence-corrected chi connectivity index (χ4v) is 4.57. The number of halogens is 1. The summed E-state index contributed by atoms with van der Waals surface area (Å²) in [5.41, 5.74) is -0.910. The molecule has 5 heteroatoms. The topological polar surface area (TPSA) is 77.8 Å². The number of alkyl halides is 1. The summed E-state index contributed by atoms with van der Waals surface area (Å²) in [6.07, 6.45) is 12.0. The van der Waals surface area contributed by atoms with Gasteiger partial charge in [-0.1, -0.05) is 37.2 Å². The van der Waals surface area contributed by atoms with E-state index in [9.17, 15) is 15.0 Å². The van der Waals surface area contributed by atoms with Crippen LogP contribution in [0.4, 0.5) is 0 Å². The van der Waals surface area contributed by atoms with Gasteiger partial charge in [0, 0.05) is 11.5 Å². The number of carboxylic acid groups (broad SMARTS) is 1. The lowest BCUT2D eigenvalue weighted by Crippen LogP contribution is -2.27. The van der Waals surface area contributed by atoms with Gasteiger partial charge in [0.1, 0.15) is 5.60 Å². The van der Waals surface area contributed by atoms with E-state index in [1.807, 2.05) is 0 Å². The monoisotopic (exact) mass is 382 g/mol. The largest absolute Gasteiger partial charge is 0.478 e. The van der Waals surface area contributed by atoms with Crippen LogP contribution in [0.2, 0.25) is 0 Å². The summed E-state index contributed by atoms with van der Waals surface area (Å²) in [4.78, 5) is 10.4. The Balaban J connectivity index is 1.91. The van der Waals surface area contributed by atoms with Gasteiger partial charge in [-0.15, -0.1) is 11.6 Å². The standard InChI is InChI=1S/C21H31ClO4/c22-18-15-19(23)17(11-14-21(26)12-7-3-4-8-13-21)16(18)9-5-1-2-6-10-20(24)25/h6,10,16-19,23,26H,1-5,7-9,12-13,15H2,(H,24,25)/b10-6+/t16-,17-,18-,19-/m1/s1. The average Bonchev–Trinajstić information content (AvgIpc) is 2.73. The molecule has 4 nitrogen and oxygen atoms in total. The molecular weight excluding hydrogens is 352 g/mol. The first-order chi connectivity index (χ1) is 12.4. The Bertz CT molecular complexity index is 540. The minimum atomic E-state index is -0.920. The number of carboxylic acids is 1. The predicted octanol–water partition coefficient (Wildman–Crippen LogP) is 3.88. The second kappa shape index (κ2) is 10.3. The maximum Gasteiger partial charge on any atom is 0.327 e. The molecule has 0 spiro atoms. The molecule has 3 N–H and O–H groups in total. The normalized spacial score (nSPS) is 31.3. The van der Waals surface area contributed by atoms with Gasteiger partial charge in [0.05, 0.1) is 12.0 Å². The zero-order valence-corrected chi connectivity index (χ0v) is 16.1. The molecule has 26 heavy (non-hydrogen) atoms. The van der Waals surface area contributed by atoms with Gasteiger partial charge >= 0.3 is 5.97 Å². The first kappa shape index (κ1) is 21.3. The molecule has 0 aromatic rings. The minimum absolute atomic E-state index is 0.0948. The summed E-state index contributed by atoms with van der Waals surface area (Å²) in [7, 11) is 0. The van der Waals surface area contributed by atoms with Crippen LogP contribution in [-0.2, 0) is 4.79 Å². The van der Waals surface area contributed by atoms with Gasteiger partial charge in [-0.05, 0) is 57.3 Å². The summed E-state index contributed by atoms with van der Waals surface area (Å²) >= 11 is 6.45. The van der Waals surface area contributed by atoms with Crippen LogP contribution in [-0.4, -0.2) is 38.4 Å². The van der Waals surface area contributed by atoms with E-state index in [-0.39, 0.29) is 17.2 Å². The Morgan fingerprint density at radius 1 is 1.19 bits per heavy atom. The molecule has 0 unspecified atom stereocenters. The van der Waals surface area contributed by atoms with E-state index in [4.69, 9.17) is 16.7 Å². The zero-order valence-electron chi connectivity index (χ0n) is 15.4. The number of aliphatic hydroxyl groups excluding tert-OH is 1. The molecule has 2 aliphatic rings. The van der Waals surface area contributed by atoms with Crippen LogP contribution in [0.5, 0.6) is 0 Å². The third-order valence-corrected chi connectivity index (χ3v) is 6.13. The molecule has 0 aromatic carbocycles. The van der Waals surface area contributed by atoms with Crippen molar-refractivity contribution < 1.29 is 20.1 Å². The van der Waals surface area contributed by atoms with E-state index < -0.39 is 17.7 Å². The summed E-state index contributed by atoms with van der Waals surface area (Å²) in [6.45, 7) is 0. The van der Waals surface area contributed by atoms with E-state index in [0.717, 1.165) is 51.4 Å². The van der Waals surface area contributed by atoms with E-state index in [1.54, 1.807) is 6.08 Å². The van der Waals surface area contributed by atoms with E-state index in [0.29, 0.717) is 19.3 Å². The van der Waals surface area contributed by atoms with Crippen molar-refractivity contribution in [3.63, 3.8) is 0 Å². The van der Waals surface area contributed by atoms with Crippen molar-refractivity contribution in [2.75, 3.05) is 0 Å². The minimum Gasteiger partial charge on any atom is -0.478 e. The van der Waals surface area contributed by atoms with Gasteiger partial charge in [0.15, 0.2) is 0 Å². The Hall–Kier alpha value is -1.02. The molecule has 0 aromatic heterocycles. The van der Waals surface area contributed by atoms with Crippen molar-refractivity contribution in [1.82, 2.24) is 0 Å². The van der Waals surface area contributed by atoms with E-state index in [2.05, 4.69) is 11.8 Å². The summed E-state index contributed by atoms with van der Waals surface area (Å²) in [5, 5.41) is 29.6. The Morgan fingerprint density at radius 2 is 1.88 bits per heavy atom. The quantitative estimate of drug-likeness (QED) is 0.214. The molecule has 0 radical (unpaired) electrons. The molecule has 0 amide bonds. The first-order valence-corrected chi connectivity index (χ1v) is 10.3. The summed E-state index contributed by atoms with van der Waals surface area (Å²) in [6, 6.07) is 0. The Labute approximate surface area is 161 Å². The molecule has 0 bridgehead atoms. The fourth-order valence-electron chi connectivity index (χ4n) is 4.11. The number of hydrogen-bond donors (Lipinski definition) is 3. The molecule has 4 atom stereocenters. The number of aliphatic hydroxyl groups is 2. The number of hydrogen-bond acceptors (Lipinski definition) is 3. The number of allylic oxidation sites excluding steroid dienone is 1. The van der Waals surface area contributed by atoms with Crippen LogP contribution in [0.3, 0.4) is 0 Å². The number of rotatable bonds is 6. The van der Waals surface area contributed by atoms with Crippen molar-refractivity contribution in [1.29, 1.82) is 0 Å².